The van der Waals surface area contributed by atoms with Gasteiger partial charge in [-0.2, -0.15) is 5.10 Å². The molecule has 0 aliphatic carbocycles. The minimum absolute atomic E-state index is 0.0853. The average molecular weight is 484 g/mol. The zero-order chi connectivity index (χ0) is 24.4. The lowest BCUT2D eigenvalue weighted by Gasteiger charge is -2.08. The molecule has 0 aliphatic heterocycles. The molecular weight excluding hydrogens is 458 g/mol. The summed E-state index contributed by atoms with van der Waals surface area (Å²) in [5.74, 6) is 0.782. The third kappa shape index (κ3) is 4.98. The standard InChI is InChI=1S/C28H26ClN5O/c1-19-17-20(2)31-26-25(19)27(33-15-3-4-16-33)32-34(26)18-22-5-9-23(10-6-22)28(35)30-14-13-21-7-11-24(29)12-8-21/h3-12,15-17H,13-14,18H2,1-2H3,(H,30,35). The fourth-order valence-corrected chi connectivity index (χ4v) is 4.39. The fraction of sp³-hybridized carbons (Fsp3) is 0.179. The molecule has 0 bridgehead atoms. The number of amides is 1. The normalized spacial score (nSPS) is 11.2. The van der Waals surface area contributed by atoms with Gasteiger partial charge in [0.05, 0.1) is 11.9 Å². The number of halogens is 1. The van der Waals surface area contributed by atoms with Gasteiger partial charge in [0.2, 0.25) is 0 Å². The summed E-state index contributed by atoms with van der Waals surface area (Å²) in [5.41, 5.74) is 5.78. The number of nitrogens with zero attached hydrogens (tertiary/aromatic N) is 4. The summed E-state index contributed by atoms with van der Waals surface area (Å²) >= 11 is 5.93. The Morgan fingerprint density at radius 3 is 2.37 bits per heavy atom. The predicted molar refractivity (Wildman–Crippen MR) is 139 cm³/mol. The Kier molecular flexibility index (Phi) is 6.38. The highest BCUT2D eigenvalue weighted by atomic mass is 35.5. The molecule has 0 radical (unpaired) electrons. The van der Waals surface area contributed by atoms with E-state index in [2.05, 4.69) is 18.3 Å². The van der Waals surface area contributed by atoms with Crippen molar-refractivity contribution in [2.75, 3.05) is 6.54 Å². The molecule has 2 aromatic carbocycles. The molecule has 7 heteroatoms. The Morgan fingerprint density at radius 1 is 0.971 bits per heavy atom. The summed E-state index contributed by atoms with van der Waals surface area (Å²) in [5, 5.41) is 9.63. The molecule has 3 aromatic heterocycles. The number of aryl methyl sites for hydroxylation is 2. The smallest absolute Gasteiger partial charge is 0.251 e. The second-order valence-corrected chi connectivity index (χ2v) is 9.12. The lowest BCUT2D eigenvalue weighted by Crippen LogP contribution is -2.25. The summed E-state index contributed by atoms with van der Waals surface area (Å²) in [6, 6.07) is 21.4. The molecule has 1 amide bonds. The van der Waals surface area contributed by atoms with E-state index >= 15 is 0 Å². The number of carbonyl (C=O) groups excluding carboxylic acids is 1. The van der Waals surface area contributed by atoms with Crippen molar-refractivity contribution in [2.24, 2.45) is 0 Å². The zero-order valence-corrected chi connectivity index (χ0v) is 20.5. The molecule has 3 heterocycles. The molecular formula is C28H26ClN5O. The van der Waals surface area contributed by atoms with Crippen LogP contribution in [0.3, 0.4) is 0 Å². The number of pyridine rings is 1. The first-order valence-electron chi connectivity index (χ1n) is 11.6. The first-order chi connectivity index (χ1) is 17.0. The third-order valence-electron chi connectivity index (χ3n) is 6.02. The van der Waals surface area contributed by atoms with Gasteiger partial charge in [0.1, 0.15) is 0 Å². The van der Waals surface area contributed by atoms with Crippen LogP contribution in [0.1, 0.15) is 32.7 Å². The Hall–Kier alpha value is -3.90. The van der Waals surface area contributed by atoms with E-state index < -0.39 is 0 Å². The maximum Gasteiger partial charge on any atom is 0.251 e. The fourth-order valence-electron chi connectivity index (χ4n) is 4.27. The largest absolute Gasteiger partial charge is 0.352 e. The van der Waals surface area contributed by atoms with Crippen molar-refractivity contribution < 1.29 is 4.79 Å². The van der Waals surface area contributed by atoms with Crippen molar-refractivity contribution in [3.05, 3.63) is 112 Å². The number of hydrogen-bond donors (Lipinski definition) is 1. The highest BCUT2D eigenvalue weighted by molar-refractivity contribution is 6.30. The maximum absolute atomic E-state index is 12.6. The first kappa shape index (κ1) is 22.9. The topological polar surface area (TPSA) is 64.7 Å². The summed E-state index contributed by atoms with van der Waals surface area (Å²) < 4.78 is 3.95. The number of fused-ring (bicyclic) bond motifs is 1. The molecule has 176 valence electrons. The Morgan fingerprint density at radius 2 is 1.66 bits per heavy atom. The van der Waals surface area contributed by atoms with E-state index in [1.165, 1.54) is 0 Å². The van der Waals surface area contributed by atoms with Crippen LogP contribution in [0.5, 0.6) is 0 Å². The molecule has 1 N–H and O–H groups in total. The molecule has 0 saturated carbocycles. The van der Waals surface area contributed by atoms with Crippen LogP contribution < -0.4 is 5.32 Å². The quantitative estimate of drug-likeness (QED) is 0.332. The maximum atomic E-state index is 12.6. The van der Waals surface area contributed by atoms with Gasteiger partial charge in [0.15, 0.2) is 11.5 Å². The van der Waals surface area contributed by atoms with Crippen LogP contribution in [0, 0.1) is 13.8 Å². The lowest BCUT2D eigenvalue weighted by atomic mass is 10.1. The number of aromatic nitrogens is 4. The number of rotatable bonds is 7. The summed E-state index contributed by atoms with van der Waals surface area (Å²) in [7, 11) is 0. The first-order valence-corrected chi connectivity index (χ1v) is 12.0. The van der Waals surface area contributed by atoms with Crippen molar-refractivity contribution in [1.82, 2.24) is 24.6 Å². The van der Waals surface area contributed by atoms with Crippen LogP contribution in [-0.4, -0.2) is 31.8 Å². The molecule has 5 rings (SSSR count). The van der Waals surface area contributed by atoms with Crippen LogP contribution in [-0.2, 0) is 13.0 Å². The zero-order valence-electron chi connectivity index (χ0n) is 19.7. The molecule has 5 aromatic rings. The second-order valence-electron chi connectivity index (χ2n) is 8.68. The van der Waals surface area contributed by atoms with Crippen molar-refractivity contribution >= 4 is 28.5 Å². The van der Waals surface area contributed by atoms with E-state index in [9.17, 15) is 4.79 Å². The highest BCUT2D eigenvalue weighted by Crippen LogP contribution is 2.26. The summed E-state index contributed by atoms with van der Waals surface area (Å²) in [6.45, 7) is 5.22. The van der Waals surface area contributed by atoms with Crippen molar-refractivity contribution in [3.63, 3.8) is 0 Å². The Bertz CT molecular complexity index is 1470. The number of hydrogen-bond acceptors (Lipinski definition) is 3. The molecule has 0 atom stereocenters. The van der Waals surface area contributed by atoms with Crippen molar-refractivity contribution in [2.45, 2.75) is 26.8 Å². The van der Waals surface area contributed by atoms with Gasteiger partial charge in [-0.25, -0.2) is 9.67 Å². The van der Waals surface area contributed by atoms with Crippen LogP contribution in [0.15, 0.2) is 79.1 Å². The van der Waals surface area contributed by atoms with E-state index in [1.54, 1.807) is 0 Å². The van der Waals surface area contributed by atoms with Gasteiger partial charge >= 0.3 is 0 Å². The van der Waals surface area contributed by atoms with Gasteiger partial charge in [-0.15, -0.1) is 0 Å². The van der Waals surface area contributed by atoms with Gasteiger partial charge in [-0.1, -0.05) is 35.9 Å². The van der Waals surface area contributed by atoms with Crippen LogP contribution >= 0.6 is 11.6 Å². The molecule has 0 saturated heterocycles. The second kappa shape index (κ2) is 9.76. The van der Waals surface area contributed by atoms with E-state index in [0.717, 1.165) is 45.7 Å². The Balaban J connectivity index is 1.31. The van der Waals surface area contributed by atoms with Crippen molar-refractivity contribution in [3.8, 4) is 5.82 Å². The molecule has 35 heavy (non-hydrogen) atoms. The molecule has 0 unspecified atom stereocenters. The molecule has 6 nitrogen and oxygen atoms in total. The van der Waals surface area contributed by atoms with Gasteiger partial charge in [-0.3, -0.25) is 4.79 Å². The Labute approximate surface area is 209 Å². The van der Waals surface area contributed by atoms with Gasteiger partial charge in [-0.05, 0) is 79.4 Å². The van der Waals surface area contributed by atoms with E-state index in [0.29, 0.717) is 23.7 Å². The highest BCUT2D eigenvalue weighted by Gasteiger charge is 2.16. The third-order valence-corrected chi connectivity index (χ3v) is 6.27. The van der Waals surface area contributed by atoms with E-state index in [-0.39, 0.29) is 5.91 Å². The van der Waals surface area contributed by atoms with Gasteiger partial charge < -0.3 is 9.88 Å². The molecule has 0 fully saturated rings. The molecule has 0 aliphatic rings. The SMILES string of the molecule is Cc1cc(C)c2c(-n3cccc3)nn(Cc3ccc(C(=O)NCCc4ccc(Cl)cc4)cc3)c2n1. The van der Waals surface area contributed by atoms with E-state index in [1.807, 2.05) is 89.2 Å². The summed E-state index contributed by atoms with van der Waals surface area (Å²) in [4.78, 5) is 17.4. The van der Waals surface area contributed by atoms with E-state index in [4.69, 9.17) is 21.7 Å². The predicted octanol–water partition coefficient (Wildman–Crippen LogP) is 5.51. The number of nitrogens with one attached hydrogen (secondary N) is 1. The molecule has 0 spiro atoms. The number of carbonyl (C=O) groups is 1. The minimum atomic E-state index is -0.0853. The summed E-state index contributed by atoms with van der Waals surface area (Å²) in [6.07, 6.45) is 4.74. The van der Waals surface area contributed by atoms with Crippen LogP contribution in [0.2, 0.25) is 5.02 Å². The monoisotopic (exact) mass is 483 g/mol. The minimum Gasteiger partial charge on any atom is -0.352 e. The van der Waals surface area contributed by atoms with Gasteiger partial charge in [0, 0.05) is 35.2 Å². The lowest BCUT2D eigenvalue weighted by molar-refractivity contribution is 0.0954. The number of benzene rings is 2. The van der Waals surface area contributed by atoms with Gasteiger partial charge in [0.25, 0.3) is 5.91 Å². The van der Waals surface area contributed by atoms with Crippen LogP contribution in [0.4, 0.5) is 0 Å². The van der Waals surface area contributed by atoms with Crippen molar-refractivity contribution in [1.29, 1.82) is 0 Å². The average Bonchev–Trinajstić information content (AvgIpc) is 3.49. The van der Waals surface area contributed by atoms with Crippen LogP contribution in [0.25, 0.3) is 16.9 Å².